The number of pyridine rings is 1. The van der Waals surface area contributed by atoms with Crippen molar-refractivity contribution in [3.8, 4) is 17.2 Å². The van der Waals surface area contributed by atoms with Gasteiger partial charge in [-0.2, -0.15) is 0 Å². The van der Waals surface area contributed by atoms with Crippen LogP contribution in [0.1, 0.15) is 24.2 Å². The lowest BCUT2D eigenvalue weighted by atomic mass is 10.1. The van der Waals surface area contributed by atoms with Gasteiger partial charge in [0.1, 0.15) is 0 Å². The van der Waals surface area contributed by atoms with E-state index in [1.165, 1.54) is 0 Å². The molecule has 124 valence electrons. The van der Waals surface area contributed by atoms with Crippen LogP contribution >= 0.6 is 0 Å². The molecule has 5 heteroatoms. The maximum absolute atomic E-state index is 10.0. The van der Waals surface area contributed by atoms with Gasteiger partial charge in [-0.1, -0.05) is 18.2 Å². The summed E-state index contributed by atoms with van der Waals surface area (Å²) in [6.45, 7) is 3.80. The number of aryl methyl sites for hydroxylation is 1. The van der Waals surface area contributed by atoms with E-state index in [1.807, 2.05) is 54.1 Å². The van der Waals surface area contributed by atoms with Crippen LogP contribution in [0.25, 0.3) is 28.1 Å². The zero-order valence-electron chi connectivity index (χ0n) is 14.1. The van der Waals surface area contributed by atoms with Gasteiger partial charge < -0.3 is 5.11 Å². The summed E-state index contributed by atoms with van der Waals surface area (Å²) in [6.07, 6.45) is 6.69. The van der Waals surface area contributed by atoms with Crippen molar-refractivity contribution in [2.75, 3.05) is 0 Å². The first kappa shape index (κ1) is 15.5. The van der Waals surface area contributed by atoms with Crippen molar-refractivity contribution in [1.82, 2.24) is 19.5 Å². The number of aromatic nitrogens is 4. The number of aliphatic hydroxyl groups excluding tert-OH is 1. The Hall–Kier alpha value is -3.05. The second kappa shape index (κ2) is 6.11. The second-order valence-electron chi connectivity index (χ2n) is 6.14. The highest BCUT2D eigenvalue weighted by Gasteiger charge is 2.14. The monoisotopic (exact) mass is 330 g/mol. The highest BCUT2D eigenvalue weighted by atomic mass is 16.3. The third-order valence-corrected chi connectivity index (χ3v) is 4.26. The van der Waals surface area contributed by atoms with Gasteiger partial charge in [0.2, 0.25) is 5.95 Å². The molecular formula is C20H18N4O. The van der Waals surface area contributed by atoms with E-state index in [1.54, 1.807) is 25.5 Å². The number of nitrogens with zero attached hydrogens (tertiary/aromatic N) is 4. The summed E-state index contributed by atoms with van der Waals surface area (Å²) in [6, 6.07) is 11.9. The van der Waals surface area contributed by atoms with Crippen LogP contribution in [-0.4, -0.2) is 24.6 Å². The molecule has 0 amide bonds. The number of fused-ring (bicyclic) bond motifs is 1. The van der Waals surface area contributed by atoms with Crippen LogP contribution in [0.4, 0.5) is 0 Å². The summed E-state index contributed by atoms with van der Waals surface area (Å²) in [5.41, 5.74) is 4.71. The standard InChI is InChI=1S/C20H18N4O/c1-13-7-8-21-18(9-13)15-10-22-20(23-11-15)24-12-17(14(2)25)16-5-3-4-6-19(16)24/h3-12,14,25H,1-2H3. The molecular weight excluding hydrogens is 312 g/mol. The van der Waals surface area contributed by atoms with Gasteiger partial charge in [-0.05, 0) is 37.6 Å². The Morgan fingerprint density at radius 3 is 2.52 bits per heavy atom. The van der Waals surface area contributed by atoms with Crippen LogP contribution in [0.15, 0.2) is 61.2 Å². The molecule has 1 unspecified atom stereocenters. The lowest BCUT2D eigenvalue weighted by Gasteiger charge is -2.05. The van der Waals surface area contributed by atoms with Gasteiger partial charge in [0.15, 0.2) is 0 Å². The fraction of sp³-hybridized carbons (Fsp3) is 0.150. The van der Waals surface area contributed by atoms with Crippen LogP contribution in [0.2, 0.25) is 0 Å². The molecule has 4 aromatic rings. The molecule has 0 radical (unpaired) electrons. The van der Waals surface area contributed by atoms with Gasteiger partial charge in [-0.3, -0.25) is 9.55 Å². The van der Waals surface area contributed by atoms with E-state index >= 15 is 0 Å². The first-order chi connectivity index (χ1) is 12.1. The molecule has 0 saturated heterocycles. The lowest BCUT2D eigenvalue weighted by molar-refractivity contribution is 0.201. The van der Waals surface area contributed by atoms with Crippen molar-refractivity contribution in [2.24, 2.45) is 0 Å². The molecule has 5 nitrogen and oxygen atoms in total. The first-order valence-electron chi connectivity index (χ1n) is 8.17. The fourth-order valence-electron chi connectivity index (χ4n) is 2.98. The maximum Gasteiger partial charge on any atom is 0.234 e. The molecule has 1 N–H and O–H groups in total. The summed E-state index contributed by atoms with van der Waals surface area (Å²) >= 11 is 0. The van der Waals surface area contributed by atoms with Crippen LogP contribution in [-0.2, 0) is 0 Å². The smallest absolute Gasteiger partial charge is 0.234 e. The van der Waals surface area contributed by atoms with E-state index < -0.39 is 6.10 Å². The molecule has 1 aromatic carbocycles. The SMILES string of the molecule is Cc1ccnc(-c2cnc(-n3cc(C(C)O)c4ccccc43)nc2)c1. The minimum Gasteiger partial charge on any atom is -0.389 e. The molecule has 3 heterocycles. The largest absolute Gasteiger partial charge is 0.389 e. The number of hydrogen-bond donors (Lipinski definition) is 1. The molecule has 25 heavy (non-hydrogen) atoms. The van der Waals surface area contributed by atoms with Crippen LogP contribution in [0.5, 0.6) is 0 Å². The Balaban J connectivity index is 1.79. The second-order valence-corrected chi connectivity index (χ2v) is 6.14. The molecule has 0 spiro atoms. The van der Waals surface area contributed by atoms with Crippen molar-refractivity contribution in [3.63, 3.8) is 0 Å². The summed E-state index contributed by atoms with van der Waals surface area (Å²) < 4.78 is 1.91. The lowest BCUT2D eigenvalue weighted by Crippen LogP contribution is -2.00. The topological polar surface area (TPSA) is 63.8 Å². The molecule has 0 saturated carbocycles. The number of hydrogen-bond acceptors (Lipinski definition) is 4. The predicted octanol–water partition coefficient (Wildman–Crippen LogP) is 3.84. The zero-order valence-corrected chi connectivity index (χ0v) is 14.1. The van der Waals surface area contributed by atoms with Gasteiger partial charge in [0.25, 0.3) is 0 Å². The summed E-state index contributed by atoms with van der Waals surface area (Å²) in [5, 5.41) is 11.0. The Morgan fingerprint density at radius 2 is 1.80 bits per heavy atom. The maximum atomic E-state index is 10.0. The van der Waals surface area contributed by atoms with Gasteiger partial charge in [0, 0.05) is 41.3 Å². The molecule has 0 aliphatic rings. The van der Waals surface area contributed by atoms with E-state index in [9.17, 15) is 5.11 Å². The number of aliphatic hydroxyl groups is 1. The predicted molar refractivity (Wildman–Crippen MR) is 97.5 cm³/mol. The van der Waals surface area contributed by atoms with Crippen molar-refractivity contribution in [3.05, 3.63) is 72.3 Å². The third kappa shape index (κ3) is 2.79. The van der Waals surface area contributed by atoms with Crippen LogP contribution < -0.4 is 0 Å². The average Bonchev–Trinajstić information content (AvgIpc) is 3.02. The highest BCUT2D eigenvalue weighted by molar-refractivity contribution is 5.85. The van der Waals surface area contributed by atoms with Gasteiger partial charge in [0.05, 0.1) is 17.3 Å². The summed E-state index contributed by atoms with van der Waals surface area (Å²) in [5.74, 6) is 0.569. The highest BCUT2D eigenvalue weighted by Crippen LogP contribution is 2.28. The van der Waals surface area contributed by atoms with Crippen molar-refractivity contribution in [2.45, 2.75) is 20.0 Å². The molecule has 0 fully saturated rings. The van der Waals surface area contributed by atoms with Crippen LogP contribution in [0, 0.1) is 6.92 Å². The molecule has 3 aromatic heterocycles. The zero-order chi connectivity index (χ0) is 17.4. The first-order valence-corrected chi connectivity index (χ1v) is 8.17. The summed E-state index contributed by atoms with van der Waals surface area (Å²) in [7, 11) is 0. The minimum absolute atomic E-state index is 0.554. The Kier molecular flexibility index (Phi) is 3.78. The van der Waals surface area contributed by atoms with Gasteiger partial charge >= 0.3 is 0 Å². The van der Waals surface area contributed by atoms with Crippen LogP contribution in [0.3, 0.4) is 0 Å². The van der Waals surface area contributed by atoms with E-state index in [0.29, 0.717) is 5.95 Å². The molecule has 1 atom stereocenters. The number of para-hydroxylation sites is 1. The molecule has 0 bridgehead atoms. The van der Waals surface area contributed by atoms with E-state index in [0.717, 1.165) is 33.3 Å². The normalized spacial score (nSPS) is 12.4. The van der Waals surface area contributed by atoms with E-state index in [2.05, 4.69) is 15.0 Å². The fourth-order valence-corrected chi connectivity index (χ4v) is 2.98. The van der Waals surface area contributed by atoms with Gasteiger partial charge in [-0.25, -0.2) is 9.97 Å². The molecule has 4 rings (SSSR count). The van der Waals surface area contributed by atoms with Crippen molar-refractivity contribution < 1.29 is 5.11 Å². The Labute approximate surface area is 145 Å². The van der Waals surface area contributed by atoms with Crippen molar-refractivity contribution in [1.29, 1.82) is 0 Å². The minimum atomic E-state index is -0.554. The number of benzene rings is 1. The Morgan fingerprint density at radius 1 is 1.04 bits per heavy atom. The summed E-state index contributed by atoms with van der Waals surface area (Å²) in [4.78, 5) is 13.4. The van der Waals surface area contributed by atoms with Crippen molar-refractivity contribution >= 4 is 10.9 Å². The quantitative estimate of drug-likeness (QED) is 0.620. The molecule has 0 aliphatic carbocycles. The average molecular weight is 330 g/mol. The molecule has 0 aliphatic heterocycles. The van der Waals surface area contributed by atoms with E-state index in [4.69, 9.17) is 0 Å². The van der Waals surface area contributed by atoms with E-state index in [-0.39, 0.29) is 0 Å². The third-order valence-electron chi connectivity index (χ3n) is 4.26. The number of rotatable bonds is 3. The van der Waals surface area contributed by atoms with Gasteiger partial charge in [-0.15, -0.1) is 0 Å². The Bertz CT molecular complexity index is 1040.